The third-order valence-electron chi connectivity index (χ3n) is 3.35. The highest BCUT2D eigenvalue weighted by atomic mass is 19.4. The second-order valence-corrected chi connectivity index (χ2v) is 5.40. The quantitative estimate of drug-likeness (QED) is 0.688. The van der Waals surface area contributed by atoms with Crippen molar-refractivity contribution in [2.75, 3.05) is 0 Å². The summed E-state index contributed by atoms with van der Waals surface area (Å²) in [6.07, 6.45) is -4.42. The SMILES string of the molecule is C/C(=N\NC(=O)Cn1nc(C)cc1C)c1cccc(C(F)(F)F)c1. The van der Waals surface area contributed by atoms with Crippen LogP contribution in [0.15, 0.2) is 35.4 Å². The third-order valence-corrected chi connectivity index (χ3v) is 3.35. The number of alkyl halides is 3. The van der Waals surface area contributed by atoms with Gasteiger partial charge >= 0.3 is 6.18 Å². The van der Waals surface area contributed by atoms with Gasteiger partial charge in [-0.25, -0.2) is 5.43 Å². The number of nitrogens with one attached hydrogen (secondary N) is 1. The molecule has 2 rings (SSSR count). The van der Waals surface area contributed by atoms with Crippen LogP contribution in [0.1, 0.15) is 29.4 Å². The fourth-order valence-corrected chi connectivity index (χ4v) is 2.14. The Kier molecular flexibility index (Phi) is 5.06. The summed E-state index contributed by atoms with van der Waals surface area (Å²) >= 11 is 0. The second kappa shape index (κ2) is 6.86. The van der Waals surface area contributed by atoms with Gasteiger partial charge in [0.1, 0.15) is 6.54 Å². The fraction of sp³-hybridized carbons (Fsp3) is 0.312. The number of nitrogens with zero attached hydrogens (tertiary/aromatic N) is 3. The Morgan fingerprint density at radius 3 is 2.58 bits per heavy atom. The first-order chi connectivity index (χ1) is 11.2. The highest BCUT2D eigenvalue weighted by Crippen LogP contribution is 2.29. The molecule has 2 aromatic rings. The molecule has 1 N–H and O–H groups in total. The van der Waals surface area contributed by atoms with Crippen molar-refractivity contribution >= 4 is 11.6 Å². The van der Waals surface area contributed by atoms with E-state index in [9.17, 15) is 18.0 Å². The number of benzene rings is 1. The monoisotopic (exact) mass is 338 g/mol. The van der Waals surface area contributed by atoms with Gasteiger partial charge in [-0.1, -0.05) is 12.1 Å². The second-order valence-electron chi connectivity index (χ2n) is 5.40. The van der Waals surface area contributed by atoms with Crippen LogP contribution < -0.4 is 5.43 Å². The molecule has 0 radical (unpaired) electrons. The van der Waals surface area contributed by atoms with Crippen molar-refractivity contribution in [3.8, 4) is 0 Å². The van der Waals surface area contributed by atoms with E-state index in [4.69, 9.17) is 0 Å². The summed E-state index contributed by atoms with van der Waals surface area (Å²) in [5.74, 6) is -0.410. The molecule has 0 unspecified atom stereocenters. The maximum Gasteiger partial charge on any atom is 0.416 e. The Hall–Kier alpha value is -2.64. The van der Waals surface area contributed by atoms with E-state index in [1.165, 1.54) is 23.7 Å². The van der Waals surface area contributed by atoms with E-state index in [-0.39, 0.29) is 17.8 Å². The van der Waals surface area contributed by atoms with E-state index in [2.05, 4.69) is 15.6 Å². The van der Waals surface area contributed by atoms with E-state index in [1.54, 1.807) is 0 Å². The molecule has 0 spiro atoms. The van der Waals surface area contributed by atoms with Crippen molar-refractivity contribution in [3.05, 3.63) is 52.8 Å². The number of carbonyl (C=O) groups is 1. The number of aromatic nitrogens is 2. The Morgan fingerprint density at radius 1 is 1.29 bits per heavy atom. The van der Waals surface area contributed by atoms with Crippen LogP contribution in [0.25, 0.3) is 0 Å². The van der Waals surface area contributed by atoms with Crippen LogP contribution in [0, 0.1) is 13.8 Å². The van der Waals surface area contributed by atoms with E-state index >= 15 is 0 Å². The fourth-order valence-electron chi connectivity index (χ4n) is 2.14. The molecule has 8 heteroatoms. The van der Waals surface area contributed by atoms with E-state index in [1.807, 2.05) is 19.9 Å². The standard InChI is InChI=1S/C16H17F3N4O/c1-10-7-11(2)23(22-10)9-15(24)21-20-12(3)13-5-4-6-14(8-13)16(17,18)19/h4-8H,9H2,1-3H3,(H,21,24)/b20-12+. The van der Waals surface area contributed by atoms with Gasteiger partial charge in [-0.2, -0.15) is 23.4 Å². The molecule has 1 aromatic carbocycles. The number of rotatable bonds is 4. The van der Waals surface area contributed by atoms with Gasteiger partial charge in [0.05, 0.1) is 17.0 Å². The topological polar surface area (TPSA) is 59.3 Å². The molecule has 0 aliphatic carbocycles. The highest BCUT2D eigenvalue weighted by molar-refractivity contribution is 5.99. The minimum Gasteiger partial charge on any atom is -0.271 e. The molecule has 0 saturated heterocycles. The van der Waals surface area contributed by atoms with Crippen molar-refractivity contribution in [2.45, 2.75) is 33.5 Å². The molecule has 1 amide bonds. The number of carbonyl (C=O) groups excluding carboxylic acids is 1. The number of aryl methyl sites for hydroxylation is 2. The molecule has 24 heavy (non-hydrogen) atoms. The summed E-state index contributed by atoms with van der Waals surface area (Å²) in [5, 5.41) is 8.02. The van der Waals surface area contributed by atoms with E-state index in [0.717, 1.165) is 23.5 Å². The van der Waals surface area contributed by atoms with Crippen molar-refractivity contribution < 1.29 is 18.0 Å². The summed E-state index contributed by atoms with van der Waals surface area (Å²) in [5.41, 5.74) is 3.77. The summed E-state index contributed by atoms with van der Waals surface area (Å²) in [6.45, 7) is 5.15. The smallest absolute Gasteiger partial charge is 0.271 e. The Balaban J connectivity index is 2.06. The molecule has 128 valence electrons. The molecular weight excluding hydrogens is 321 g/mol. The minimum atomic E-state index is -4.42. The summed E-state index contributed by atoms with van der Waals surface area (Å²) in [4.78, 5) is 11.9. The third kappa shape index (κ3) is 4.43. The zero-order chi connectivity index (χ0) is 17.9. The molecule has 5 nitrogen and oxygen atoms in total. The lowest BCUT2D eigenvalue weighted by Gasteiger charge is -2.09. The lowest BCUT2D eigenvalue weighted by Crippen LogP contribution is -2.25. The van der Waals surface area contributed by atoms with Gasteiger partial charge in [0.15, 0.2) is 0 Å². The van der Waals surface area contributed by atoms with Crippen LogP contribution in [0.5, 0.6) is 0 Å². The van der Waals surface area contributed by atoms with Crippen molar-refractivity contribution in [1.82, 2.24) is 15.2 Å². The van der Waals surface area contributed by atoms with Gasteiger partial charge in [-0.05, 0) is 44.5 Å². The average molecular weight is 338 g/mol. The highest BCUT2D eigenvalue weighted by Gasteiger charge is 2.30. The molecule has 1 heterocycles. The number of hydrogen-bond acceptors (Lipinski definition) is 3. The zero-order valence-electron chi connectivity index (χ0n) is 13.5. The van der Waals surface area contributed by atoms with Crippen LogP contribution in [0.3, 0.4) is 0 Å². The van der Waals surface area contributed by atoms with Crippen molar-refractivity contribution in [3.63, 3.8) is 0 Å². The van der Waals surface area contributed by atoms with E-state index in [0.29, 0.717) is 0 Å². The van der Waals surface area contributed by atoms with Gasteiger partial charge in [0.2, 0.25) is 0 Å². The molecule has 0 aliphatic heterocycles. The van der Waals surface area contributed by atoms with Gasteiger partial charge in [0.25, 0.3) is 5.91 Å². The maximum absolute atomic E-state index is 12.7. The van der Waals surface area contributed by atoms with Gasteiger partial charge in [0, 0.05) is 5.69 Å². The summed E-state index contributed by atoms with van der Waals surface area (Å²) in [6, 6.07) is 6.62. The molecule has 0 bridgehead atoms. The first-order valence-corrected chi connectivity index (χ1v) is 7.18. The normalized spacial score (nSPS) is 12.3. The van der Waals surface area contributed by atoms with Crippen LogP contribution in [0.4, 0.5) is 13.2 Å². The molecule has 0 atom stereocenters. The summed E-state index contributed by atoms with van der Waals surface area (Å²) < 4.78 is 39.7. The Bertz CT molecular complexity index is 778. The predicted octanol–water partition coefficient (Wildman–Crippen LogP) is 3.06. The molecule has 0 saturated carbocycles. The lowest BCUT2D eigenvalue weighted by atomic mass is 10.1. The molecule has 1 aromatic heterocycles. The molecular formula is C16H17F3N4O. The van der Waals surface area contributed by atoms with Crippen LogP contribution in [-0.4, -0.2) is 21.4 Å². The van der Waals surface area contributed by atoms with Crippen LogP contribution in [-0.2, 0) is 17.5 Å². The predicted molar refractivity (Wildman–Crippen MR) is 83.5 cm³/mol. The van der Waals surface area contributed by atoms with Crippen LogP contribution >= 0.6 is 0 Å². The van der Waals surface area contributed by atoms with Crippen molar-refractivity contribution in [1.29, 1.82) is 0 Å². The average Bonchev–Trinajstić information content (AvgIpc) is 2.81. The zero-order valence-corrected chi connectivity index (χ0v) is 13.5. The molecule has 0 aliphatic rings. The van der Waals surface area contributed by atoms with Gasteiger partial charge in [-0.3, -0.25) is 9.48 Å². The Labute approximate surface area is 137 Å². The van der Waals surface area contributed by atoms with Gasteiger partial charge < -0.3 is 0 Å². The first kappa shape index (κ1) is 17.7. The minimum absolute atomic E-state index is 0.0148. The number of hydrogen-bond donors (Lipinski definition) is 1. The van der Waals surface area contributed by atoms with Gasteiger partial charge in [-0.15, -0.1) is 0 Å². The lowest BCUT2D eigenvalue weighted by molar-refractivity contribution is -0.137. The Morgan fingerprint density at radius 2 is 2.00 bits per heavy atom. The first-order valence-electron chi connectivity index (χ1n) is 7.18. The number of halogens is 3. The van der Waals surface area contributed by atoms with E-state index < -0.39 is 17.6 Å². The maximum atomic E-state index is 12.7. The number of amides is 1. The van der Waals surface area contributed by atoms with Crippen molar-refractivity contribution in [2.24, 2.45) is 5.10 Å². The summed E-state index contributed by atoms with van der Waals surface area (Å²) in [7, 11) is 0. The molecule has 0 fully saturated rings. The number of hydrazone groups is 1. The largest absolute Gasteiger partial charge is 0.416 e. The van der Waals surface area contributed by atoms with Crippen LogP contribution in [0.2, 0.25) is 0 Å².